The second-order valence-corrected chi connectivity index (χ2v) is 14.1. The van der Waals surface area contributed by atoms with Crippen LogP contribution in [0.15, 0.2) is 12.7 Å². The van der Waals surface area contributed by atoms with Gasteiger partial charge in [0.1, 0.15) is 0 Å². The van der Waals surface area contributed by atoms with E-state index in [1.165, 1.54) is 0 Å². The van der Waals surface area contributed by atoms with Gasteiger partial charge in [-0.1, -0.05) is 26.8 Å². The van der Waals surface area contributed by atoms with Crippen molar-refractivity contribution in [3.8, 4) is 0 Å². The maximum atomic E-state index is 6.06. The van der Waals surface area contributed by atoms with Crippen molar-refractivity contribution in [2.75, 3.05) is 112 Å². The van der Waals surface area contributed by atoms with E-state index in [9.17, 15) is 0 Å². The topological polar surface area (TPSA) is 83.1 Å². The summed E-state index contributed by atoms with van der Waals surface area (Å²) in [5.41, 5.74) is 0. The molecule has 0 saturated heterocycles. The number of hydrogen-bond acceptors (Lipinski definition) is 9. The smallest absolute Gasteiger partial charge is 0.192 e. The highest BCUT2D eigenvalue weighted by Crippen LogP contribution is 2.36. The van der Waals surface area contributed by atoms with Crippen molar-refractivity contribution < 1.29 is 42.3 Å². The first-order valence-corrected chi connectivity index (χ1v) is 15.6. The maximum absolute atomic E-state index is 6.06. The molecule has 0 unspecified atom stereocenters. The second-order valence-electron chi connectivity index (χ2n) is 9.26. The summed E-state index contributed by atoms with van der Waals surface area (Å²) in [5.74, 6) is 0. The van der Waals surface area contributed by atoms with Gasteiger partial charge < -0.3 is 42.3 Å². The average Bonchev–Trinajstić information content (AvgIpc) is 2.80. The molecule has 9 nitrogen and oxygen atoms in total. The van der Waals surface area contributed by atoms with Crippen LogP contribution < -0.4 is 0 Å². The third kappa shape index (κ3) is 23.7. The van der Waals surface area contributed by atoms with Gasteiger partial charge in [-0.3, -0.25) is 0 Å². The fourth-order valence-electron chi connectivity index (χ4n) is 2.28. The molecule has 0 aromatic rings. The SMILES string of the molecule is C=CCOCCOCCOCCOCCOCCOCCOCCOCCO[Si](C)(C)C(C)(C)C. The van der Waals surface area contributed by atoms with Crippen LogP contribution in [0.1, 0.15) is 20.8 Å². The molecule has 0 fully saturated rings. The number of hydrogen-bond donors (Lipinski definition) is 0. The molecule has 0 aromatic carbocycles. The Morgan fingerprint density at radius 1 is 0.486 bits per heavy atom. The van der Waals surface area contributed by atoms with Crippen LogP contribution in [-0.4, -0.2) is 121 Å². The molecular weight excluding hydrogens is 472 g/mol. The van der Waals surface area contributed by atoms with E-state index in [0.29, 0.717) is 112 Å². The van der Waals surface area contributed by atoms with Crippen LogP contribution in [0.25, 0.3) is 0 Å². The molecule has 0 saturated carbocycles. The molecule has 0 heterocycles. The van der Waals surface area contributed by atoms with Crippen molar-refractivity contribution in [3.63, 3.8) is 0 Å². The summed E-state index contributed by atoms with van der Waals surface area (Å²) in [6, 6.07) is 0. The van der Waals surface area contributed by atoms with E-state index < -0.39 is 8.32 Å². The van der Waals surface area contributed by atoms with E-state index >= 15 is 0 Å². The van der Waals surface area contributed by atoms with Crippen molar-refractivity contribution in [1.29, 1.82) is 0 Å². The third-order valence-corrected chi connectivity index (χ3v) is 9.87. The normalized spacial score (nSPS) is 12.4. The van der Waals surface area contributed by atoms with Crippen LogP contribution >= 0.6 is 0 Å². The summed E-state index contributed by atoms with van der Waals surface area (Å²) >= 11 is 0. The van der Waals surface area contributed by atoms with Gasteiger partial charge in [0, 0.05) is 0 Å². The summed E-state index contributed by atoms with van der Waals surface area (Å²) in [6.07, 6.45) is 1.71. The largest absolute Gasteiger partial charge is 0.414 e. The molecule has 35 heavy (non-hydrogen) atoms. The van der Waals surface area contributed by atoms with Crippen LogP contribution in [0, 0.1) is 0 Å². The van der Waals surface area contributed by atoms with Gasteiger partial charge in [-0.2, -0.15) is 0 Å². The molecule has 0 aliphatic carbocycles. The number of ether oxygens (including phenoxy) is 8. The molecule has 0 aliphatic rings. The maximum Gasteiger partial charge on any atom is 0.192 e. The fraction of sp³-hybridized carbons (Fsp3) is 0.920. The van der Waals surface area contributed by atoms with Crippen molar-refractivity contribution in [3.05, 3.63) is 12.7 Å². The van der Waals surface area contributed by atoms with Gasteiger partial charge in [-0.15, -0.1) is 6.58 Å². The van der Waals surface area contributed by atoms with Crippen molar-refractivity contribution >= 4 is 8.32 Å². The lowest BCUT2D eigenvalue weighted by Gasteiger charge is -2.36. The summed E-state index contributed by atoms with van der Waals surface area (Å²) in [4.78, 5) is 0. The van der Waals surface area contributed by atoms with E-state index in [0.717, 1.165) is 0 Å². The predicted molar refractivity (Wildman–Crippen MR) is 140 cm³/mol. The van der Waals surface area contributed by atoms with Crippen molar-refractivity contribution in [1.82, 2.24) is 0 Å². The lowest BCUT2D eigenvalue weighted by atomic mass is 10.2. The minimum absolute atomic E-state index is 0.225. The molecule has 10 heteroatoms. The molecule has 0 bridgehead atoms. The highest BCUT2D eigenvalue weighted by Gasteiger charge is 2.36. The molecule has 0 radical (unpaired) electrons. The van der Waals surface area contributed by atoms with Gasteiger partial charge in [0.2, 0.25) is 0 Å². The van der Waals surface area contributed by atoms with Crippen molar-refractivity contribution in [2.24, 2.45) is 0 Å². The minimum atomic E-state index is -1.68. The Morgan fingerprint density at radius 3 is 1.00 bits per heavy atom. The van der Waals surface area contributed by atoms with Gasteiger partial charge in [-0.25, -0.2) is 0 Å². The lowest BCUT2D eigenvalue weighted by Crippen LogP contribution is -2.41. The zero-order valence-electron chi connectivity index (χ0n) is 23.0. The summed E-state index contributed by atoms with van der Waals surface area (Å²) in [5, 5.41) is 0.225. The fourth-order valence-corrected chi connectivity index (χ4v) is 3.30. The molecule has 0 amide bonds. The molecule has 0 atom stereocenters. The predicted octanol–water partition coefficient (Wildman–Crippen LogP) is 3.33. The van der Waals surface area contributed by atoms with E-state index in [4.69, 9.17) is 42.3 Å². The highest BCUT2D eigenvalue weighted by molar-refractivity contribution is 6.74. The van der Waals surface area contributed by atoms with Gasteiger partial charge in [0.15, 0.2) is 8.32 Å². The summed E-state index contributed by atoms with van der Waals surface area (Å²) < 4.78 is 49.5. The highest BCUT2D eigenvalue weighted by atomic mass is 28.4. The van der Waals surface area contributed by atoms with Gasteiger partial charge >= 0.3 is 0 Å². The summed E-state index contributed by atoms with van der Waals surface area (Å²) in [7, 11) is -1.68. The molecule has 0 aromatic heterocycles. The minimum Gasteiger partial charge on any atom is -0.414 e. The first-order chi connectivity index (χ1) is 16.8. The Kier molecular flexibility index (Phi) is 23.7. The van der Waals surface area contributed by atoms with E-state index in [1.807, 2.05) is 0 Å². The van der Waals surface area contributed by atoms with Crippen LogP contribution in [-0.2, 0) is 42.3 Å². The van der Waals surface area contributed by atoms with Crippen LogP contribution in [0.3, 0.4) is 0 Å². The van der Waals surface area contributed by atoms with Crippen LogP contribution in [0.4, 0.5) is 0 Å². The number of rotatable bonds is 27. The Morgan fingerprint density at radius 2 is 0.743 bits per heavy atom. The van der Waals surface area contributed by atoms with E-state index in [2.05, 4.69) is 40.4 Å². The quantitative estimate of drug-likeness (QED) is 0.0913. The second kappa shape index (κ2) is 24.0. The molecule has 0 N–H and O–H groups in total. The Hall–Kier alpha value is -0.403. The molecule has 0 spiro atoms. The first-order valence-electron chi connectivity index (χ1n) is 12.7. The summed E-state index contributed by atoms with van der Waals surface area (Å²) in [6.45, 7) is 24.2. The Bertz CT molecular complexity index is 459. The van der Waals surface area contributed by atoms with Crippen LogP contribution in [0.2, 0.25) is 18.1 Å². The lowest BCUT2D eigenvalue weighted by molar-refractivity contribution is -0.0232. The van der Waals surface area contributed by atoms with Gasteiger partial charge in [0.05, 0.1) is 112 Å². The molecule has 0 aliphatic heterocycles. The Labute approximate surface area is 214 Å². The monoisotopic (exact) mass is 524 g/mol. The van der Waals surface area contributed by atoms with Crippen LogP contribution in [0.5, 0.6) is 0 Å². The van der Waals surface area contributed by atoms with Crippen molar-refractivity contribution in [2.45, 2.75) is 38.9 Å². The molecular formula is C25H52O9Si. The third-order valence-electron chi connectivity index (χ3n) is 5.34. The first kappa shape index (κ1) is 34.6. The van der Waals surface area contributed by atoms with E-state index in [-0.39, 0.29) is 5.04 Å². The Balaban J connectivity index is 3.14. The zero-order valence-corrected chi connectivity index (χ0v) is 24.0. The standard InChI is InChI=1S/C25H52O9Si/c1-7-8-26-9-10-27-11-12-28-13-14-29-15-16-30-17-18-31-19-20-32-21-22-33-23-24-34-35(5,6)25(2,3)4/h7H,1,8-24H2,2-6H3. The molecule has 0 rings (SSSR count). The molecule has 210 valence electrons. The van der Waals surface area contributed by atoms with Gasteiger partial charge in [-0.05, 0) is 18.1 Å². The van der Waals surface area contributed by atoms with E-state index in [1.54, 1.807) is 6.08 Å². The average molecular weight is 525 g/mol. The van der Waals surface area contributed by atoms with Gasteiger partial charge in [0.25, 0.3) is 0 Å². The zero-order chi connectivity index (χ0) is 26.1.